The molecule has 0 radical (unpaired) electrons. The van der Waals surface area contributed by atoms with Crippen LogP contribution in [0.5, 0.6) is 0 Å². The van der Waals surface area contributed by atoms with Crippen molar-refractivity contribution in [1.29, 1.82) is 0 Å². The summed E-state index contributed by atoms with van der Waals surface area (Å²) >= 11 is 1.46. The first kappa shape index (κ1) is 17.0. The van der Waals surface area contributed by atoms with Crippen molar-refractivity contribution in [2.75, 3.05) is 13.1 Å². The van der Waals surface area contributed by atoms with E-state index in [0.717, 1.165) is 37.1 Å². The van der Waals surface area contributed by atoms with E-state index >= 15 is 0 Å². The number of hydrogen-bond acceptors (Lipinski definition) is 4. The molecule has 1 amide bonds. The van der Waals surface area contributed by atoms with Crippen molar-refractivity contribution in [3.05, 3.63) is 52.4 Å². The molecule has 6 heteroatoms. The second-order valence-electron chi connectivity index (χ2n) is 6.96. The van der Waals surface area contributed by atoms with Crippen LogP contribution in [0, 0.1) is 5.92 Å². The maximum atomic E-state index is 13.0. The second kappa shape index (κ2) is 7.03. The Balaban J connectivity index is 1.67. The Labute approximate surface area is 155 Å². The number of carbonyl (C=O) groups excluding carboxylic acids is 1. The topological polar surface area (TPSA) is 55.2 Å². The number of nitrogens with zero attached hydrogens (tertiary/aromatic N) is 3. The maximum absolute atomic E-state index is 13.0. The van der Waals surface area contributed by atoms with Gasteiger partial charge in [-0.15, -0.1) is 11.3 Å². The summed E-state index contributed by atoms with van der Waals surface area (Å²) in [4.78, 5) is 32.7. The average Bonchev–Trinajstić information content (AvgIpc) is 3.09. The van der Waals surface area contributed by atoms with E-state index in [1.807, 2.05) is 40.6 Å². The Morgan fingerprint density at radius 1 is 1.31 bits per heavy atom. The molecule has 1 saturated heterocycles. The lowest BCUT2D eigenvalue weighted by atomic mass is 10.0. The molecule has 1 fully saturated rings. The van der Waals surface area contributed by atoms with Crippen molar-refractivity contribution in [3.63, 3.8) is 0 Å². The van der Waals surface area contributed by atoms with Gasteiger partial charge in [-0.1, -0.05) is 37.3 Å². The molecule has 0 saturated carbocycles. The van der Waals surface area contributed by atoms with Crippen LogP contribution in [0.25, 0.3) is 21.3 Å². The molecule has 5 nitrogen and oxygen atoms in total. The number of likely N-dealkylation sites (tertiary alicyclic amines) is 1. The number of amides is 1. The van der Waals surface area contributed by atoms with Gasteiger partial charge in [0.2, 0.25) is 5.91 Å². The van der Waals surface area contributed by atoms with Crippen molar-refractivity contribution < 1.29 is 4.79 Å². The summed E-state index contributed by atoms with van der Waals surface area (Å²) < 4.78 is 1.45. The highest BCUT2D eigenvalue weighted by molar-refractivity contribution is 7.17. The number of benzene rings is 1. The van der Waals surface area contributed by atoms with Crippen LogP contribution in [0.1, 0.15) is 19.8 Å². The van der Waals surface area contributed by atoms with Gasteiger partial charge in [0.25, 0.3) is 5.56 Å². The molecule has 0 unspecified atom stereocenters. The van der Waals surface area contributed by atoms with E-state index in [1.165, 1.54) is 22.2 Å². The Morgan fingerprint density at radius 3 is 2.88 bits per heavy atom. The zero-order chi connectivity index (χ0) is 18.1. The van der Waals surface area contributed by atoms with Gasteiger partial charge in [0, 0.05) is 24.0 Å². The van der Waals surface area contributed by atoms with Crippen LogP contribution in [0.15, 0.2) is 46.8 Å². The van der Waals surface area contributed by atoms with Gasteiger partial charge in [-0.2, -0.15) is 0 Å². The van der Waals surface area contributed by atoms with Gasteiger partial charge in [0.15, 0.2) is 0 Å². The van der Waals surface area contributed by atoms with Gasteiger partial charge in [-0.05, 0) is 24.3 Å². The number of carbonyl (C=O) groups is 1. The smallest absolute Gasteiger partial charge is 0.263 e. The van der Waals surface area contributed by atoms with Crippen LogP contribution in [-0.4, -0.2) is 33.4 Å². The standard InChI is InChI=1S/C20H21N3O2S/c1-14-6-5-9-22(10-14)17(24)11-23-13-21-19-18(20(23)25)16(12-26-19)15-7-3-2-4-8-15/h2-4,7-8,12-14H,5-6,9-11H2,1H3/t14-/m0/s1. The van der Waals surface area contributed by atoms with Crippen LogP contribution < -0.4 is 5.56 Å². The molecule has 4 rings (SSSR count). The molecule has 134 valence electrons. The Bertz CT molecular complexity index is 993. The van der Waals surface area contributed by atoms with Crippen LogP contribution in [0.3, 0.4) is 0 Å². The quantitative estimate of drug-likeness (QED) is 0.713. The maximum Gasteiger partial charge on any atom is 0.263 e. The molecule has 0 spiro atoms. The van der Waals surface area contributed by atoms with Crippen LogP contribution in [-0.2, 0) is 11.3 Å². The lowest BCUT2D eigenvalue weighted by molar-refractivity contribution is -0.133. The molecular weight excluding hydrogens is 346 g/mol. The third-order valence-corrected chi connectivity index (χ3v) is 5.85. The van der Waals surface area contributed by atoms with E-state index < -0.39 is 0 Å². The van der Waals surface area contributed by atoms with Gasteiger partial charge < -0.3 is 4.90 Å². The summed E-state index contributed by atoms with van der Waals surface area (Å²) in [7, 11) is 0. The minimum atomic E-state index is -0.145. The fraction of sp³-hybridized carbons (Fsp3) is 0.350. The minimum Gasteiger partial charge on any atom is -0.341 e. The zero-order valence-corrected chi connectivity index (χ0v) is 15.5. The molecule has 3 aromatic rings. The summed E-state index contributed by atoms with van der Waals surface area (Å²) in [5, 5.41) is 2.57. The predicted molar refractivity (Wildman–Crippen MR) is 104 cm³/mol. The first-order valence-corrected chi connectivity index (χ1v) is 9.81. The fourth-order valence-electron chi connectivity index (χ4n) is 3.57. The van der Waals surface area contributed by atoms with E-state index in [2.05, 4.69) is 11.9 Å². The highest BCUT2D eigenvalue weighted by atomic mass is 32.1. The summed E-state index contributed by atoms with van der Waals surface area (Å²) in [6.07, 6.45) is 3.69. The molecule has 0 aliphatic carbocycles. The van der Waals surface area contributed by atoms with E-state index in [0.29, 0.717) is 16.1 Å². The SMILES string of the molecule is C[C@H]1CCCN(C(=O)Cn2cnc3scc(-c4ccccc4)c3c2=O)C1. The molecule has 1 aliphatic rings. The number of aromatic nitrogens is 2. The molecule has 1 aromatic carbocycles. The van der Waals surface area contributed by atoms with Crippen molar-refractivity contribution in [3.8, 4) is 11.1 Å². The molecule has 26 heavy (non-hydrogen) atoms. The Morgan fingerprint density at radius 2 is 2.12 bits per heavy atom. The number of piperidine rings is 1. The van der Waals surface area contributed by atoms with Gasteiger partial charge in [0.05, 0.1) is 11.7 Å². The van der Waals surface area contributed by atoms with Crippen LogP contribution >= 0.6 is 11.3 Å². The van der Waals surface area contributed by atoms with Gasteiger partial charge in [0.1, 0.15) is 11.4 Å². The molecule has 0 N–H and O–H groups in total. The third kappa shape index (κ3) is 3.17. The van der Waals surface area contributed by atoms with E-state index in [1.54, 1.807) is 0 Å². The van der Waals surface area contributed by atoms with Crippen molar-refractivity contribution in [1.82, 2.24) is 14.5 Å². The number of rotatable bonds is 3. The van der Waals surface area contributed by atoms with Crippen molar-refractivity contribution in [2.45, 2.75) is 26.3 Å². The number of fused-ring (bicyclic) bond motifs is 1. The molecule has 2 aromatic heterocycles. The molecular formula is C20H21N3O2S. The fourth-order valence-corrected chi connectivity index (χ4v) is 4.48. The summed E-state index contributed by atoms with van der Waals surface area (Å²) in [6, 6.07) is 9.83. The number of thiophene rings is 1. The van der Waals surface area contributed by atoms with Crippen molar-refractivity contribution >= 4 is 27.5 Å². The Hall–Kier alpha value is -2.47. The lowest BCUT2D eigenvalue weighted by Crippen LogP contribution is -2.42. The summed E-state index contributed by atoms with van der Waals surface area (Å²) in [5.74, 6) is 0.517. The normalized spacial score (nSPS) is 17.6. The van der Waals surface area contributed by atoms with E-state index in [4.69, 9.17) is 0 Å². The van der Waals surface area contributed by atoms with Crippen molar-refractivity contribution in [2.24, 2.45) is 5.92 Å². The largest absolute Gasteiger partial charge is 0.341 e. The van der Waals surface area contributed by atoms with E-state index in [-0.39, 0.29) is 18.0 Å². The van der Waals surface area contributed by atoms with Crippen LogP contribution in [0.2, 0.25) is 0 Å². The molecule has 1 atom stereocenters. The lowest BCUT2D eigenvalue weighted by Gasteiger charge is -2.31. The highest BCUT2D eigenvalue weighted by Gasteiger charge is 2.22. The molecule has 1 aliphatic heterocycles. The predicted octanol–water partition coefficient (Wildman–Crippen LogP) is 3.38. The third-order valence-electron chi connectivity index (χ3n) is 4.96. The summed E-state index contributed by atoms with van der Waals surface area (Å²) in [5.41, 5.74) is 1.73. The first-order valence-electron chi connectivity index (χ1n) is 8.93. The first-order chi connectivity index (χ1) is 12.6. The van der Waals surface area contributed by atoms with Gasteiger partial charge in [-0.25, -0.2) is 4.98 Å². The number of hydrogen-bond donors (Lipinski definition) is 0. The highest BCUT2D eigenvalue weighted by Crippen LogP contribution is 2.30. The molecule has 3 heterocycles. The van der Waals surface area contributed by atoms with Crippen LogP contribution in [0.4, 0.5) is 0 Å². The van der Waals surface area contributed by atoms with Gasteiger partial charge in [-0.3, -0.25) is 14.2 Å². The zero-order valence-electron chi connectivity index (χ0n) is 14.7. The summed E-state index contributed by atoms with van der Waals surface area (Å²) in [6.45, 7) is 3.77. The Kier molecular flexibility index (Phi) is 4.59. The van der Waals surface area contributed by atoms with E-state index in [9.17, 15) is 9.59 Å². The minimum absolute atomic E-state index is 0.00343. The average molecular weight is 367 g/mol. The molecule has 0 bridgehead atoms. The van der Waals surface area contributed by atoms with Gasteiger partial charge >= 0.3 is 0 Å². The second-order valence-corrected chi connectivity index (χ2v) is 7.82. The monoisotopic (exact) mass is 367 g/mol.